The summed E-state index contributed by atoms with van der Waals surface area (Å²) in [6, 6.07) is 6.48. The van der Waals surface area contributed by atoms with Gasteiger partial charge >= 0.3 is 5.97 Å². The van der Waals surface area contributed by atoms with Crippen molar-refractivity contribution >= 4 is 23.5 Å². The molecule has 2 amide bonds. The third kappa shape index (κ3) is 1.75. The Morgan fingerprint density at radius 2 is 1.59 bits per heavy atom. The number of imide groups is 1. The molecule has 4 atom stereocenters. The molecule has 1 heterocycles. The number of amides is 2. The maximum atomic E-state index is 12.6. The van der Waals surface area contributed by atoms with Crippen molar-refractivity contribution in [3.05, 3.63) is 36.4 Å². The zero-order chi connectivity index (χ0) is 15.4. The normalized spacial score (nSPS) is 31.8. The summed E-state index contributed by atoms with van der Waals surface area (Å²) in [6.45, 7) is 1.32. The van der Waals surface area contributed by atoms with Crippen molar-refractivity contribution in [2.75, 3.05) is 4.90 Å². The van der Waals surface area contributed by atoms with Gasteiger partial charge in [0.2, 0.25) is 11.8 Å². The van der Waals surface area contributed by atoms with E-state index in [0.29, 0.717) is 11.4 Å². The SMILES string of the molecule is CC(=O)Oc1ccc(N2C(=O)C3C4C=CC(C4)C3C2=O)cc1. The lowest BCUT2D eigenvalue weighted by molar-refractivity contribution is -0.132. The second kappa shape index (κ2) is 4.53. The number of nitrogens with zero attached hydrogens (tertiary/aromatic N) is 1. The van der Waals surface area contributed by atoms with E-state index in [-0.39, 0.29) is 35.5 Å². The van der Waals surface area contributed by atoms with Crippen molar-refractivity contribution in [1.82, 2.24) is 0 Å². The number of allylic oxidation sites excluding steroid dienone is 2. The molecule has 2 fully saturated rings. The van der Waals surface area contributed by atoms with E-state index in [4.69, 9.17) is 4.74 Å². The highest BCUT2D eigenvalue weighted by Gasteiger charge is 2.59. The largest absolute Gasteiger partial charge is 0.427 e. The standard InChI is InChI=1S/C17H15NO4/c1-9(19)22-13-6-4-12(5-7-13)18-16(20)14-10-2-3-11(8-10)15(14)17(18)21/h2-7,10-11,14-15H,8H2,1H3. The van der Waals surface area contributed by atoms with E-state index in [1.54, 1.807) is 24.3 Å². The second-order valence-electron chi connectivity index (χ2n) is 6.10. The number of benzene rings is 1. The van der Waals surface area contributed by atoms with Crippen LogP contribution in [0.15, 0.2) is 36.4 Å². The quantitative estimate of drug-likeness (QED) is 0.362. The molecule has 22 heavy (non-hydrogen) atoms. The minimum Gasteiger partial charge on any atom is -0.427 e. The van der Waals surface area contributed by atoms with Gasteiger partial charge in [-0.05, 0) is 42.5 Å². The summed E-state index contributed by atoms with van der Waals surface area (Å²) >= 11 is 0. The summed E-state index contributed by atoms with van der Waals surface area (Å²) in [7, 11) is 0. The fourth-order valence-electron chi connectivity index (χ4n) is 3.99. The van der Waals surface area contributed by atoms with Gasteiger partial charge in [-0.1, -0.05) is 12.2 Å². The van der Waals surface area contributed by atoms with E-state index in [2.05, 4.69) is 12.2 Å². The van der Waals surface area contributed by atoms with Gasteiger partial charge < -0.3 is 4.74 Å². The molecule has 1 aromatic rings. The zero-order valence-corrected chi connectivity index (χ0v) is 12.1. The molecule has 1 aromatic carbocycles. The summed E-state index contributed by atoms with van der Waals surface area (Å²) in [5.41, 5.74) is 0.541. The van der Waals surface area contributed by atoms with Crippen molar-refractivity contribution in [3.8, 4) is 5.75 Å². The number of anilines is 1. The Morgan fingerprint density at radius 3 is 2.09 bits per heavy atom. The first kappa shape index (κ1) is 13.2. The van der Waals surface area contributed by atoms with Crippen LogP contribution in [0.3, 0.4) is 0 Å². The highest BCUT2D eigenvalue weighted by Crippen LogP contribution is 2.53. The van der Waals surface area contributed by atoms with Gasteiger partial charge in [0.25, 0.3) is 0 Å². The molecule has 0 aromatic heterocycles. The fraction of sp³-hybridized carbons (Fsp3) is 0.353. The number of rotatable bonds is 2. The summed E-state index contributed by atoms with van der Waals surface area (Å²) in [5, 5.41) is 0. The van der Waals surface area contributed by atoms with Crippen LogP contribution in [-0.2, 0) is 14.4 Å². The van der Waals surface area contributed by atoms with Crippen LogP contribution in [-0.4, -0.2) is 17.8 Å². The summed E-state index contributed by atoms with van der Waals surface area (Å²) in [5.74, 6) is -0.200. The molecular weight excluding hydrogens is 282 g/mol. The number of carbonyl (C=O) groups is 3. The minimum absolute atomic E-state index is 0.105. The van der Waals surface area contributed by atoms with Crippen molar-refractivity contribution in [2.45, 2.75) is 13.3 Å². The van der Waals surface area contributed by atoms with Crippen LogP contribution in [0.5, 0.6) is 5.75 Å². The lowest BCUT2D eigenvalue weighted by Gasteiger charge is -2.17. The van der Waals surface area contributed by atoms with E-state index >= 15 is 0 Å². The van der Waals surface area contributed by atoms with Crippen LogP contribution in [0.2, 0.25) is 0 Å². The second-order valence-corrected chi connectivity index (χ2v) is 6.10. The minimum atomic E-state index is -0.404. The summed E-state index contributed by atoms with van der Waals surface area (Å²) < 4.78 is 4.97. The Labute approximate surface area is 127 Å². The molecule has 112 valence electrons. The molecule has 5 heteroatoms. The third-order valence-electron chi connectivity index (χ3n) is 4.83. The molecule has 3 aliphatic rings. The van der Waals surface area contributed by atoms with E-state index in [1.807, 2.05) is 0 Å². The molecule has 1 saturated heterocycles. The number of hydrogen-bond donors (Lipinski definition) is 0. The van der Waals surface area contributed by atoms with Gasteiger partial charge in [0.1, 0.15) is 5.75 Å². The Morgan fingerprint density at radius 1 is 1.05 bits per heavy atom. The van der Waals surface area contributed by atoms with Crippen LogP contribution >= 0.6 is 0 Å². The maximum Gasteiger partial charge on any atom is 0.308 e. The number of fused-ring (bicyclic) bond motifs is 5. The molecule has 0 N–H and O–H groups in total. The van der Waals surface area contributed by atoms with Gasteiger partial charge in [-0.2, -0.15) is 0 Å². The highest BCUT2D eigenvalue weighted by atomic mass is 16.5. The molecule has 1 saturated carbocycles. The van der Waals surface area contributed by atoms with Gasteiger partial charge in [-0.15, -0.1) is 0 Å². The molecule has 4 rings (SSSR count). The monoisotopic (exact) mass is 297 g/mol. The predicted octanol–water partition coefficient (Wildman–Crippen LogP) is 1.92. The lowest BCUT2D eigenvalue weighted by atomic mass is 9.85. The van der Waals surface area contributed by atoms with Crippen LogP contribution in [0, 0.1) is 23.7 Å². The molecule has 1 aliphatic heterocycles. The van der Waals surface area contributed by atoms with Crippen LogP contribution in [0.1, 0.15) is 13.3 Å². The topological polar surface area (TPSA) is 63.7 Å². The molecule has 4 unspecified atom stereocenters. The van der Waals surface area contributed by atoms with Crippen molar-refractivity contribution in [1.29, 1.82) is 0 Å². The Kier molecular flexibility index (Phi) is 2.73. The van der Waals surface area contributed by atoms with Gasteiger partial charge in [-0.25, -0.2) is 0 Å². The molecule has 2 bridgehead atoms. The summed E-state index contributed by atoms with van der Waals surface area (Å²) in [4.78, 5) is 37.5. The Bertz CT molecular complexity index is 676. The van der Waals surface area contributed by atoms with E-state index < -0.39 is 5.97 Å². The number of carbonyl (C=O) groups excluding carboxylic acids is 3. The first-order chi connectivity index (χ1) is 10.6. The van der Waals surface area contributed by atoms with Crippen LogP contribution in [0.4, 0.5) is 5.69 Å². The van der Waals surface area contributed by atoms with Gasteiger partial charge in [0.15, 0.2) is 0 Å². The first-order valence-electron chi connectivity index (χ1n) is 7.41. The molecule has 2 aliphatic carbocycles. The van der Waals surface area contributed by atoms with Crippen LogP contribution in [0.25, 0.3) is 0 Å². The predicted molar refractivity (Wildman–Crippen MR) is 78.0 cm³/mol. The zero-order valence-electron chi connectivity index (χ0n) is 12.1. The maximum absolute atomic E-state index is 12.6. The van der Waals surface area contributed by atoms with Crippen LogP contribution < -0.4 is 9.64 Å². The summed E-state index contributed by atoms with van der Waals surface area (Å²) in [6.07, 6.45) is 5.07. The lowest BCUT2D eigenvalue weighted by Crippen LogP contribution is -2.32. The molecule has 0 radical (unpaired) electrons. The van der Waals surface area contributed by atoms with Crippen molar-refractivity contribution in [2.24, 2.45) is 23.7 Å². The Balaban J connectivity index is 1.62. The average Bonchev–Trinajstić information content (AvgIpc) is 3.14. The highest BCUT2D eigenvalue weighted by molar-refractivity contribution is 6.22. The number of esters is 1. The fourth-order valence-corrected chi connectivity index (χ4v) is 3.99. The molecule has 5 nitrogen and oxygen atoms in total. The smallest absolute Gasteiger partial charge is 0.308 e. The van der Waals surface area contributed by atoms with Gasteiger partial charge in [-0.3, -0.25) is 19.3 Å². The number of ether oxygens (including phenoxy) is 1. The average molecular weight is 297 g/mol. The van der Waals surface area contributed by atoms with E-state index in [9.17, 15) is 14.4 Å². The number of hydrogen-bond acceptors (Lipinski definition) is 4. The van der Waals surface area contributed by atoms with E-state index in [1.165, 1.54) is 11.8 Å². The van der Waals surface area contributed by atoms with Gasteiger partial charge in [0, 0.05) is 6.92 Å². The third-order valence-corrected chi connectivity index (χ3v) is 4.83. The first-order valence-corrected chi connectivity index (χ1v) is 7.41. The van der Waals surface area contributed by atoms with Crippen molar-refractivity contribution in [3.63, 3.8) is 0 Å². The molecular formula is C17H15NO4. The Hall–Kier alpha value is -2.43. The van der Waals surface area contributed by atoms with Crippen molar-refractivity contribution < 1.29 is 19.1 Å². The molecule has 0 spiro atoms. The van der Waals surface area contributed by atoms with E-state index in [0.717, 1.165) is 6.42 Å². The van der Waals surface area contributed by atoms with Gasteiger partial charge in [0.05, 0.1) is 17.5 Å².